The molecule has 1 aromatic heterocycles. The van der Waals surface area contributed by atoms with E-state index in [2.05, 4.69) is 21.5 Å². The number of amides is 1. The number of nitrogens with zero attached hydrogens (tertiary/aromatic N) is 2. The second-order valence-corrected chi connectivity index (χ2v) is 9.85. The minimum atomic E-state index is -3.91. The van der Waals surface area contributed by atoms with Crippen molar-refractivity contribution in [3.63, 3.8) is 0 Å². The monoisotopic (exact) mass is 434 g/mol. The number of rotatable bonds is 7. The fourth-order valence-corrected chi connectivity index (χ4v) is 4.97. The van der Waals surface area contributed by atoms with Crippen LogP contribution in [0.1, 0.15) is 27.2 Å². The lowest BCUT2D eigenvalue weighted by atomic mass is 10.0. The molecule has 0 saturated carbocycles. The zero-order chi connectivity index (χ0) is 21.9. The van der Waals surface area contributed by atoms with E-state index in [1.807, 2.05) is 13.8 Å². The van der Waals surface area contributed by atoms with Gasteiger partial charge in [-0.15, -0.1) is 0 Å². The molecular weight excluding hydrogens is 404 g/mol. The normalized spacial score (nSPS) is 16.9. The Kier molecular flexibility index (Phi) is 6.95. The number of fused-ring (bicyclic) bond motifs is 1. The minimum Gasteiger partial charge on any atom is -0.339 e. The molecule has 2 N–H and O–H groups in total. The molecule has 1 aromatic carbocycles. The number of likely N-dealkylation sites (N-methyl/N-ethyl adjacent to an activating group) is 1. The summed E-state index contributed by atoms with van der Waals surface area (Å²) in [6.45, 7) is 9.77. The second kappa shape index (κ2) is 9.28. The topological polar surface area (TPSA) is 103 Å². The third-order valence-electron chi connectivity index (χ3n) is 5.44. The summed E-state index contributed by atoms with van der Waals surface area (Å²) < 4.78 is 28.8. The highest BCUT2D eigenvalue weighted by molar-refractivity contribution is 7.89. The molecule has 1 unspecified atom stereocenters. The van der Waals surface area contributed by atoms with Crippen molar-refractivity contribution >= 4 is 26.8 Å². The average molecular weight is 435 g/mol. The molecule has 1 fully saturated rings. The van der Waals surface area contributed by atoms with Crippen LogP contribution in [-0.4, -0.2) is 67.9 Å². The molecule has 8 nitrogen and oxygen atoms in total. The number of piperazine rings is 1. The van der Waals surface area contributed by atoms with E-state index in [-0.39, 0.29) is 22.3 Å². The first-order valence-electron chi connectivity index (χ1n) is 10.4. The second-order valence-electron chi connectivity index (χ2n) is 8.13. The minimum absolute atomic E-state index is 0.0689. The summed E-state index contributed by atoms with van der Waals surface area (Å²) in [4.78, 5) is 31.3. The van der Waals surface area contributed by atoms with E-state index in [0.717, 1.165) is 19.6 Å². The molecule has 1 saturated heterocycles. The number of nitrogens with one attached hydrogen (secondary N) is 2. The summed E-state index contributed by atoms with van der Waals surface area (Å²) in [5.41, 5.74) is 0.312. The van der Waals surface area contributed by atoms with Crippen molar-refractivity contribution in [1.82, 2.24) is 19.5 Å². The van der Waals surface area contributed by atoms with Gasteiger partial charge in [0, 0.05) is 37.8 Å². The fraction of sp³-hybridized carbons (Fsp3) is 0.524. The van der Waals surface area contributed by atoms with Crippen molar-refractivity contribution in [2.75, 3.05) is 32.7 Å². The number of hydrogen-bond acceptors (Lipinski definition) is 5. The van der Waals surface area contributed by atoms with E-state index in [4.69, 9.17) is 0 Å². The molecule has 9 heteroatoms. The van der Waals surface area contributed by atoms with Crippen LogP contribution in [-0.2, 0) is 14.8 Å². The number of hydrogen-bond donors (Lipinski definition) is 2. The van der Waals surface area contributed by atoms with Crippen LogP contribution >= 0.6 is 0 Å². The Bertz CT molecular complexity index is 1060. The van der Waals surface area contributed by atoms with Crippen LogP contribution in [0.2, 0.25) is 0 Å². The predicted octanol–water partition coefficient (Wildman–Crippen LogP) is 1.39. The summed E-state index contributed by atoms with van der Waals surface area (Å²) in [5.74, 6) is -0.0200. The van der Waals surface area contributed by atoms with Crippen molar-refractivity contribution in [3.8, 4) is 0 Å². The van der Waals surface area contributed by atoms with Crippen LogP contribution in [0.5, 0.6) is 0 Å². The quantitative estimate of drug-likeness (QED) is 0.686. The number of sulfonamides is 1. The Hall–Kier alpha value is -2.23. The molecule has 1 amide bonds. The maximum absolute atomic E-state index is 13.1. The third-order valence-corrected chi connectivity index (χ3v) is 6.91. The van der Waals surface area contributed by atoms with Crippen molar-refractivity contribution in [2.45, 2.75) is 38.1 Å². The maximum Gasteiger partial charge on any atom is 0.248 e. The Morgan fingerprint density at radius 3 is 2.47 bits per heavy atom. The number of aromatic nitrogens is 1. The van der Waals surface area contributed by atoms with Gasteiger partial charge in [-0.1, -0.05) is 20.8 Å². The van der Waals surface area contributed by atoms with E-state index in [1.165, 1.54) is 18.2 Å². The van der Waals surface area contributed by atoms with E-state index in [0.29, 0.717) is 30.4 Å². The Balaban J connectivity index is 1.82. The molecule has 0 bridgehead atoms. The van der Waals surface area contributed by atoms with Gasteiger partial charge in [0.15, 0.2) is 0 Å². The summed E-state index contributed by atoms with van der Waals surface area (Å²) in [7, 11) is -3.91. The van der Waals surface area contributed by atoms with Crippen molar-refractivity contribution in [2.24, 2.45) is 5.92 Å². The molecule has 164 valence electrons. The van der Waals surface area contributed by atoms with Gasteiger partial charge >= 0.3 is 0 Å². The number of pyridine rings is 1. The van der Waals surface area contributed by atoms with Crippen LogP contribution in [0.4, 0.5) is 0 Å². The van der Waals surface area contributed by atoms with E-state index in [9.17, 15) is 18.0 Å². The summed E-state index contributed by atoms with van der Waals surface area (Å²) >= 11 is 0. The van der Waals surface area contributed by atoms with Gasteiger partial charge in [0.2, 0.25) is 21.5 Å². The Morgan fingerprint density at radius 1 is 1.13 bits per heavy atom. The maximum atomic E-state index is 13.1. The fourth-order valence-electron chi connectivity index (χ4n) is 3.73. The zero-order valence-electron chi connectivity index (χ0n) is 17.7. The molecule has 1 atom stereocenters. The Labute approximate surface area is 177 Å². The van der Waals surface area contributed by atoms with Gasteiger partial charge in [0.1, 0.15) is 6.04 Å². The van der Waals surface area contributed by atoms with Crippen LogP contribution in [0.3, 0.4) is 0 Å². The highest BCUT2D eigenvalue weighted by atomic mass is 32.2. The van der Waals surface area contributed by atoms with Crippen molar-refractivity contribution in [3.05, 3.63) is 40.7 Å². The average Bonchev–Trinajstić information content (AvgIpc) is 2.71. The molecule has 0 radical (unpaired) electrons. The van der Waals surface area contributed by atoms with Gasteiger partial charge in [0.05, 0.1) is 4.90 Å². The SMILES string of the molecule is CCN1CCN(C(=O)C(CC(C)C)NS(=O)(=O)c2ccc3[nH]c(=O)ccc3c2)CC1. The van der Waals surface area contributed by atoms with Crippen LogP contribution in [0.25, 0.3) is 10.9 Å². The molecule has 0 spiro atoms. The molecule has 1 aliphatic heterocycles. The standard InChI is InChI=1S/C21H30N4O4S/c1-4-24-9-11-25(12-10-24)21(27)19(13-15(2)3)23-30(28,29)17-6-7-18-16(14-17)5-8-20(26)22-18/h5-8,14-15,19,23H,4,9-13H2,1-3H3,(H,22,26). The van der Waals surface area contributed by atoms with Gasteiger partial charge in [-0.2, -0.15) is 4.72 Å². The lowest BCUT2D eigenvalue weighted by molar-refractivity contribution is -0.135. The highest BCUT2D eigenvalue weighted by Gasteiger charge is 2.31. The van der Waals surface area contributed by atoms with Gasteiger partial charge in [0.25, 0.3) is 0 Å². The molecule has 30 heavy (non-hydrogen) atoms. The van der Waals surface area contributed by atoms with Crippen molar-refractivity contribution in [1.29, 1.82) is 0 Å². The molecule has 2 heterocycles. The lowest BCUT2D eigenvalue weighted by Crippen LogP contribution is -2.55. The summed E-state index contributed by atoms with van der Waals surface area (Å²) in [6, 6.07) is 6.63. The molecule has 0 aliphatic carbocycles. The Morgan fingerprint density at radius 2 is 1.83 bits per heavy atom. The largest absolute Gasteiger partial charge is 0.339 e. The van der Waals surface area contributed by atoms with Gasteiger partial charge in [-0.25, -0.2) is 8.42 Å². The first-order chi connectivity index (χ1) is 14.2. The number of carbonyl (C=O) groups is 1. The molecule has 3 rings (SSSR count). The van der Waals surface area contributed by atoms with Gasteiger partial charge in [-0.3, -0.25) is 9.59 Å². The number of aromatic amines is 1. The first-order valence-corrected chi connectivity index (χ1v) is 11.8. The van der Waals surface area contributed by atoms with E-state index >= 15 is 0 Å². The predicted molar refractivity (Wildman–Crippen MR) is 117 cm³/mol. The number of benzene rings is 1. The van der Waals surface area contributed by atoms with Crippen molar-refractivity contribution < 1.29 is 13.2 Å². The number of H-pyrrole nitrogens is 1. The highest BCUT2D eigenvalue weighted by Crippen LogP contribution is 2.19. The summed E-state index contributed by atoms with van der Waals surface area (Å²) in [6.07, 6.45) is 0.424. The van der Waals surface area contributed by atoms with E-state index < -0.39 is 16.1 Å². The summed E-state index contributed by atoms with van der Waals surface area (Å²) in [5, 5.41) is 0.611. The molecular formula is C21H30N4O4S. The number of carbonyl (C=O) groups excluding carboxylic acids is 1. The third kappa shape index (κ3) is 5.27. The smallest absolute Gasteiger partial charge is 0.248 e. The van der Waals surface area contributed by atoms with Crippen LogP contribution in [0.15, 0.2) is 40.0 Å². The first kappa shape index (κ1) is 22.5. The lowest BCUT2D eigenvalue weighted by Gasteiger charge is -2.36. The zero-order valence-corrected chi connectivity index (χ0v) is 18.5. The molecule has 1 aliphatic rings. The van der Waals surface area contributed by atoms with E-state index in [1.54, 1.807) is 17.0 Å². The van der Waals surface area contributed by atoms with Gasteiger partial charge in [-0.05, 0) is 48.5 Å². The van der Waals surface area contributed by atoms with Gasteiger partial charge < -0.3 is 14.8 Å². The van der Waals surface area contributed by atoms with Crippen LogP contribution in [0, 0.1) is 5.92 Å². The van der Waals surface area contributed by atoms with Crippen LogP contribution < -0.4 is 10.3 Å². The molecule has 2 aromatic rings.